The summed E-state index contributed by atoms with van der Waals surface area (Å²) in [5.74, 6) is 3.37. The Labute approximate surface area is 197 Å². The van der Waals surface area contributed by atoms with E-state index in [9.17, 15) is 0 Å². The maximum Gasteiger partial charge on any atom is 0.239 e. The van der Waals surface area contributed by atoms with Gasteiger partial charge < -0.3 is 14.2 Å². The molecule has 5 aromatic rings. The van der Waals surface area contributed by atoms with Gasteiger partial charge in [0.25, 0.3) is 0 Å². The second-order valence-corrected chi connectivity index (χ2v) is 8.80. The first-order chi connectivity index (χ1) is 16.6. The number of hydrogen-bond donors (Lipinski definition) is 0. The number of morpholine rings is 1. The van der Waals surface area contributed by atoms with Gasteiger partial charge in [-0.05, 0) is 24.3 Å². The zero-order valence-corrected chi connectivity index (χ0v) is 19.5. The van der Waals surface area contributed by atoms with E-state index in [0.29, 0.717) is 19.2 Å². The number of nitrogens with zero attached hydrogens (tertiary/aromatic N) is 8. The molecule has 0 bridgehead atoms. The van der Waals surface area contributed by atoms with Crippen LogP contribution in [0, 0.1) is 0 Å². The second-order valence-electron chi connectivity index (χ2n) is 8.80. The molecule has 6 rings (SSSR count). The Bertz CT molecular complexity index is 1480. The van der Waals surface area contributed by atoms with Gasteiger partial charge >= 0.3 is 0 Å². The van der Waals surface area contributed by atoms with Crippen molar-refractivity contribution in [1.29, 1.82) is 0 Å². The first-order valence-corrected chi connectivity index (χ1v) is 11.6. The molecule has 0 amide bonds. The van der Waals surface area contributed by atoms with Crippen LogP contribution >= 0.6 is 0 Å². The molecule has 0 atom stereocenters. The Kier molecular flexibility index (Phi) is 4.99. The number of benzene rings is 1. The summed E-state index contributed by atoms with van der Waals surface area (Å²) in [6.45, 7) is 7.12. The summed E-state index contributed by atoms with van der Waals surface area (Å²) in [4.78, 5) is 26.6. The molecule has 5 heterocycles. The third-order valence-corrected chi connectivity index (χ3v) is 6.22. The van der Waals surface area contributed by atoms with Gasteiger partial charge in [-0.25, -0.2) is 9.97 Å². The normalized spacial score (nSPS) is 14.5. The molecule has 0 aliphatic carbocycles. The Hall–Kier alpha value is -3.85. The summed E-state index contributed by atoms with van der Waals surface area (Å²) < 4.78 is 9.71. The molecule has 0 saturated carbocycles. The fourth-order valence-electron chi connectivity index (χ4n) is 4.53. The number of aryl methyl sites for hydroxylation is 1. The van der Waals surface area contributed by atoms with Crippen LogP contribution in [0.2, 0.25) is 0 Å². The molecule has 1 saturated heterocycles. The molecule has 1 aliphatic rings. The highest BCUT2D eigenvalue weighted by Gasteiger charge is 2.25. The lowest BCUT2D eigenvalue weighted by Gasteiger charge is -2.28. The van der Waals surface area contributed by atoms with Crippen LogP contribution < -0.4 is 4.90 Å². The molecule has 0 spiro atoms. The van der Waals surface area contributed by atoms with E-state index < -0.39 is 0 Å². The summed E-state index contributed by atoms with van der Waals surface area (Å²) in [5.41, 5.74) is 4.42. The number of hydrogen-bond acceptors (Lipinski definition) is 7. The van der Waals surface area contributed by atoms with Gasteiger partial charge in [-0.1, -0.05) is 26.0 Å². The minimum absolute atomic E-state index is 0.205. The molecule has 4 aromatic heterocycles. The number of aromatic nitrogens is 7. The van der Waals surface area contributed by atoms with E-state index in [1.165, 1.54) is 0 Å². The van der Waals surface area contributed by atoms with E-state index in [1.54, 1.807) is 6.20 Å². The van der Waals surface area contributed by atoms with Gasteiger partial charge in [-0.3, -0.25) is 9.55 Å². The van der Waals surface area contributed by atoms with Crippen LogP contribution in [0.15, 0.2) is 48.8 Å². The largest absolute Gasteiger partial charge is 0.378 e. The van der Waals surface area contributed by atoms with E-state index in [0.717, 1.165) is 58.3 Å². The quantitative estimate of drug-likeness (QED) is 0.409. The van der Waals surface area contributed by atoms with Crippen LogP contribution in [0.3, 0.4) is 0 Å². The molecule has 0 radical (unpaired) electrons. The van der Waals surface area contributed by atoms with E-state index >= 15 is 0 Å². The molecule has 34 heavy (non-hydrogen) atoms. The summed E-state index contributed by atoms with van der Waals surface area (Å²) in [6, 6.07) is 12.1. The van der Waals surface area contributed by atoms with Crippen LogP contribution in [0.4, 0.5) is 5.82 Å². The second kappa shape index (κ2) is 8.18. The average molecular weight is 455 g/mol. The smallest absolute Gasteiger partial charge is 0.239 e. The highest BCUT2D eigenvalue weighted by Crippen LogP contribution is 2.31. The predicted octanol–water partition coefficient (Wildman–Crippen LogP) is 3.72. The lowest BCUT2D eigenvalue weighted by Crippen LogP contribution is -2.37. The van der Waals surface area contributed by atoms with Gasteiger partial charge in [0.05, 0.1) is 24.2 Å². The summed E-state index contributed by atoms with van der Waals surface area (Å²) >= 11 is 0. The maximum atomic E-state index is 5.61. The van der Waals surface area contributed by atoms with Crippen LogP contribution in [0.25, 0.3) is 39.5 Å². The van der Waals surface area contributed by atoms with Gasteiger partial charge in [-0.2, -0.15) is 9.97 Å². The van der Waals surface area contributed by atoms with Crippen molar-refractivity contribution in [3.63, 3.8) is 0 Å². The Balaban J connectivity index is 1.65. The molecule has 0 unspecified atom stereocenters. The van der Waals surface area contributed by atoms with Crippen molar-refractivity contribution in [3.05, 3.63) is 54.6 Å². The fraction of sp³-hybridized carbons (Fsp3) is 0.320. The number of imidazole rings is 2. The number of rotatable bonds is 4. The fourth-order valence-corrected chi connectivity index (χ4v) is 4.53. The van der Waals surface area contributed by atoms with Crippen LogP contribution in [-0.2, 0) is 11.8 Å². The van der Waals surface area contributed by atoms with Crippen molar-refractivity contribution in [2.75, 3.05) is 31.2 Å². The Morgan fingerprint density at radius 2 is 1.76 bits per heavy atom. The van der Waals surface area contributed by atoms with E-state index in [2.05, 4.69) is 34.4 Å². The van der Waals surface area contributed by atoms with Gasteiger partial charge in [0.15, 0.2) is 17.0 Å². The summed E-state index contributed by atoms with van der Waals surface area (Å²) in [5, 5.41) is 0. The molecule has 1 aromatic carbocycles. The lowest BCUT2D eigenvalue weighted by atomic mass is 10.2. The summed E-state index contributed by atoms with van der Waals surface area (Å²) in [6.07, 6.45) is 3.59. The Morgan fingerprint density at radius 3 is 2.53 bits per heavy atom. The SMILES string of the molecule is CC(C)c1nc2ccccc2n1-c1nc(N2CCOCC2)c2nc(-c3cccnc3)n(C)c2n1. The van der Waals surface area contributed by atoms with Crippen molar-refractivity contribution in [2.45, 2.75) is 19.8 Å². The molecule has 9 nitrogen and oxygen atoms in total. The topological polar surface area (TPSA) is 86.8 Å². The first kappa shape index (κ1) is 20.7. The monoisotopic (exact) mass is 454 g/mol. The third kappa shape index (κ3) is 3.31. The van der Waals surface area contributed by atoms with Crippen molar-refractivity contribution < 1.29 is 4.74 Å². The molecule has 9 heteroatoms. The third-order valence-electron chi connectivity index (χ3n) is 6.22. The van der Waals surface area contributed by atoms with Crippen LogP contribution in [-0.4, -0.2) is 60.4 Å². The average Bonchev–Trinajstić information content (AvgIpc) is 3.43. The number of fused-ring (bicyclic) bond motifs is 2. The maximum absolute atomic E-state index is 5.61. The van der Waals surface area contributed by atoms with Crippen LogP contribution in [0.1, 0.15) is 25.6 Å². The zero-order valence-electron chi connectivity index (χ0n) is 19.5. The van der Waals surface area contributed by atoms with Gasteiger partial charge in [0.1, 0.15) is 11.6 Å². The minimum atomic E-state index is 0.205. The van der Waals surface area contributed by atoms with Crippen LogP contribution in [0.5, 0.6) is 0 Å². The van der Waals surface area contributed by atoms with Gasteiger partial charge in [0, 0.05) is 44.0 Å². The molecule has 0 N–H and O–H groups in total. The molecular formula is C25H26N8O. The minimum Gasteiger partial charge on any atom is -0.378 e. The van der Waals surface area contributed by atoms with Crippen molar-refractivity contribution in [3.8, 4) is 17.3 Å². The standard InChI is InChI=1S/C25H26N8O/c1-16(2)21-27-18-8-4-5-9-19(18)33(21)25-29-23-20(24(30-25)32-11-13-34-14-12-32)28-22(31(23)3)17-7-6-10-26-15-17/h4-10,15-16H,11-14H2,1-3H3. The summed E-state index contributed by atoms with van der Waals surface area (Å²) in [7, 11) is 1.99. The molecular weight excluding hydrogens is 428 g/mol. The number of pyridine rings is 1. The van der Waals surface area contributed by atoms with Gasteiger partial charge in [0.2, 0.25) is 5.95 Å². The highest BCUT2D eigenvalue weighted by molar-refractivity contribution is 5.88. The molecule has 1 fully saturated rings. The van der Waals surface area contributed by atoms with Crippen molar-refractivity contribution in [2.24, 2.45) is 7.05 Å². The molecule has 172 valence electrons. The Morgan fingerprint density at radius 1 is 0.941 bits per heavy atom. The number of para-hydroxylation sites is 2. The van der Waals surface area contributed by atoms with E-state index in [1.807, 2.05) is 48.1 Å². The lowest BCUT2D eigenvalue weighted by molar-refractivity contribution is 0.122. The predicted molar refractivity (Wildman–Crippen MR) is 131 cm³/mol. The molecule has 1 aliphatic heterocycles. The van der Waals surface area contributed by atoms with Crippen molar-refractivity contribution in [1.82, 2.24) is 34.1 Å². The van der Waals surface area contributed by atoms with E-state index in [-0.39, 0.29) is 5.92 Å². The highest BCUT2D eigenvalue weighted by atomic mass is 16.5. The number of ether oxygens (including phenoxy) is 1. The zero-order chi connectivity index (χ0) is 23.2. The van der Waals surface area contributed by atoms with Crippen molar-refractivity contribution >= 4 is 28.0 Å². The van der Waals surface area contributed by atoms with Gasteiger partial charge in [-0.15, -0.1) is 0 Å². The first-order valence-electron chi connectivity index (χ1n) is 11.6. The van der Waals surface area contributed by atoms with E-state index in [4.69, 9.17) is 24.7 Å². The number of anilines is 1.